The van der Waals surface area contributed by atoms with Crippen LogP contribution in [0.1, 0.15) is 22.2 Å². The van der Waals surface area contributed by atoms with Crippen LogP contribution in [0.25, 0.3) is 21.1 Å². The minimum absolute atomic E-state index is 0.0667. The second-order valence-corrected chi connectivity index (χ2v) is 8.73. The Morgan fingerprint density at radius 3 is 2.77 bits per heavy atom. The van der Waals surface area contributed by atoms with Crippen molar-refractivity contribution in [2.24, 2.45) is 0 Å². The number of hydrogen-bond acceptors (Lipinski definition) is 6. The average molecular weight is 417 g/mol. The number of nitrogens with two attached hydrogens (primary N) is 1. The Hall–Kier alpha value is -3.32. The van der Waals surface area contributed by atoms with Gasteiger partial charge in [0, 0.05) is 28.6 Å². The summed E-state index contributed by atoms with van der Waals surface area (Å²) in [6, 6.07) is 13.9. The molecule has 2 N–H and O–H groups in total. The maximum absolute atomic E-state index is 13.5. The van der Waals surface area contributed by atoms with Gasteiger partial charge in [0.1, 0.15) is 22.9 Å². The van der Waals surface area contributed by atoms with Crippen molar-refractivity contribution in [1.29, 1.82) is 0 Å². The SMILES string of the molecule is C[C@@H]1Cc2ccccc2N1C(=O)c1sc2nc3cc4c(cc3cc2c1N)OCCO4. The molecular weight excluding hydrogens is 398 g/mol. The third kappa shape index (κ3) is 2.48. The van der Waals surface area contributed by atoms with Gasteiger partial charge in [-0.25, -0.2) is 4.98 Å². The first-order chi connectivity index (χ1) is 14.6. The quantitative estimate of drug-likeness (QED) is 0.497. The van der Waals surface area contributed by atoms with Crippen molar-refractivity contribution in [2.45, 2.75) is 19.4 Å². The maximum Gasteiger partial charge on any atom is 0.270 e. The molecule has 150 valence electrons. The fraction of sp³-hybridized carbons (Fsp3) is 0.217. The molecule has 30 heavy (non-hydrogen) atoms. The van der Waals surface area contributed by atoms with Crippen molar-refractivity contribution in [1.82, 2.24) is 4.98 Å². The van der Waals surface area contributed by atoms with Crippen LogP contribution in [0.4, 0.5) is 11.4 Å². The van der Waals surface area contributed by atoms with Gasteiger partial charge in [-0.15, -0.1) is 11.3 Å². The van der Waals surface area contributed by atoms with Gasteiger partial charge in [-0.2, -0.15) is 0 Å². The molecule has 7 heteroatoms. The summed E-state index contributed by atoms with van der Waals surface area (Å²) in [4.78, 5) is 21.4. The number of aromatic nitrogens is 1. The Morgan fingerprint density at radius 1 is 1.17 bits per heavy atom. The normalized spacial score (nSPS) is 17.5. The Morgan fingerprint density at radius 2 is 1.93 bits per heavy atom. The van der Waals surface area contributed by atoms with Gasteiger partial charge in [0.25, 0.3) is 5.91 Å². The zero-order valence-electron chi connectivity index (χ0n) is 16.3. The Balaban J connectivity index is 1.48. The van der Waals surface area contributed by atoms with Crippen LogP contribution in [0.3, 0.4) is 0 Å². The van der Waals surface area contributed by atoms with E-state index in [2.05, 4.69) is 13.0 Å². The highest BCUT2D eigenvalue weighted by molar-refractivity contribution is 7.21. The van der Waals surface area contributed by atoms with Gasteiger partial charge in [-0.3, -0.25) is 4.79 Å². The van der Waals surface area contributed by atoms with E-state index >= 15 is 0 Å². The molecule has 0 fully saturated rings. The lowest BCUT2D eigenvalue weighted by atomic mass is 10.1. The molecule has 2 aliphatic rings. The molecule has 2 aromatic carbocycles. The summed E-state index contributed by atoms with van der Waals surface area (Å²) < 4.78 is 11.4. The van der Waals surface area contributed by atoms with Gasteiger partial charge in [0.15, 0.2) is 11.5 Å². The molecule has 4 aromatic rings. The summed E-state index contributed by atoms with van der Waals surface area (Å²) in [5.41, 5.74) is 9.91. The Bertz CT molecular complexity index is 1350. The first kappa shape index (κ1) is 17.5. The van der Waals surface area contributed by atoms with Crippen molar-refractivity contribution in [2.75, 3.05) is 23.8 Å². The highest BCUT2D eigenvalue weighted by atomic mass is 32.1. The molecule has 0 unspecified atom stereocenters. The summed E-state index contributed by atoms with van der Waals surface area (Å²) in [6.45, 7) is 3.13. The highest BCUT2D eigenvalue weighted by Crippen LogP contribution is 2.41. The van der Waals surface area contributed by atoms with E-state index in [0.29, 0.717) is 35.3 Å². The van der Waals surface area contributed by atoms with E-state index in [1.807, 2.05) is 41.3 Å². The molecule has 0 radical (unpaired) electrons. The van der Waals surface area contributed by atoms with Crippen molar-refractivity contribution in [3.05, 3.63) is 52.9 Å². The van der Waals surface area contributed by atoms with Crippen LogP contribution in [0.5, 0.6) is 11.5 Å². The zero-order chi connectivity index (χ0) is 20.4. The predicted molar refractivity (Wildman–Crippen MR) is 119 cm³/mol. The van der Waals surface area contributed by atoms with E-state index < -0.39 is 0 Å². The number of carbonyl (C=O) groups is 1. The first-order valence-corrected chi connectivity index (χ1v) is 10.8. The predicted octanol–water partition coefficient (Wildman–Crippen LogP) is 4.39. The Kier molecular flexibility index (Phi) is 3.70. The monoisotopic (exact) mass is 417 g/mol. The van der Waals surface area contributed by atoms with Crippen LogP contribution in [0.2, 0.25) is 0 Å². The molecule has 2 aliphatic heterocycles. The van der Waals surface area contributed by atoms with Gasteiger partial charge in [-0.05, 0) is 37.1 Å². The Labute approximate surface area is 176 Å². The van der Waals surface area contributed by atoms with Crippen LogP contribution in [-0.4, -0.2) is 30.1 Å². The number of nitrogens with zero attached hydrogens (tertiary/aromatic N) is 2. The largest absolute Gasteiger partial charge is 0.486 e. The number of amides is 1. The number of pyridine rings is 1. The number of carbonyl (C=O) groups excluding carboxylic acids is 1. The van der Waals surface area contributed by atoms with E-state index in [9.17, 15) is 4.79 Å². The number of rotatable bonds is 1. The van der Waals surface area contributed by atoms with E-state index in [0.717, 1.165) is 33.2 Å². The van der Waals surface area contributed by atoms with Crippen molar-refractivity contribution in [3.63, 3.8) is 0 Å². The van der Waals surface area contributed by atoms with Crippen LogP contribution in [0.15, 0.2) is 42.5 Å². The zero-order valence-corrected chi connectivity index (χ0v) is 17.2. The van der Waals surface area contributed by atoms with Crippen molar-refractivity contribution >= 4 is 49.7 Å². The lowest BCUT2D eigenvalue weighted by Gasteiger charge is -2.22. The van der Waals surface area contributed by atoms with Crippen LogP contribution >= 0.6 is 11.3 Å². The molecule has 0 bridgehead atoms. The third-order valence-corrected chi connectivity index (χ3v) is 6.90. The minimum atomic E-state index is -0.0667. The summed E-state index contributed by atoms with van der Waals surface area (Å²) in [6.07, 6.45) is 0.848. The summed E-state index contributed by atoms with van der Waals surface area (Å²) in [5, 5.41) is 1.71. The third-order valence-electron chi connectivity index (χ3n) is 5.80. The smallest absolute Gasteiger partial charge is 0.270 e. The molecule has 1 amide bonds. The number of fused-ring (bicyclic) bond motifs is 4. The van der Waals surface area contributed by atoms with Crippen LogP contribution in [-0.2, 0) is 6.42 Å². The summed E-state index contributed by atoms with van der Waals surface area (Å²) in [7, 11) is 0. The fourth-order valence-electron chi connectivity index (χ4n) is 4.38. The molecule has 2 aromatic heterocycles. The second-order valence-electron chi connectivity index (χ2n) is 7.73. The number of benzene rings is 2. The highest BCUT2D eigenvalue weighted by Gasteiger charge is 2.33. The number of para-hydroxylation sites is 1. The first-order valence-electron chi connectivity index (χ1n) is 9.94. The number of hydrogen-bond donors (Lipinski definition) is 1. The van der Waals surface area contributed by atoms with E-state index in [1.54, 1.807) is 0 Å². The topological polar surface area (TPSA) is 77.7 Å². The molecular formula is C23H19N3O3S. The fourth-order valence-corrected chi connectivity index (χ4v) is 5.40. The molecule has 4 heterocycles. The van der Waals surface area contributed by atoms with Gasteiger partial charge in [0.2, 0.25) is 0 Å². The van der Waals surface area contributed by atoms with E-state index in [4.69, 9.17) is 20.2 Å². The lowest BCUT2D eigenvalue weighted by Crippen LogP contribution is -2.35. The summed E-state index contributed by atoms with van der Waals surface area (Å²) in [5.74, 6) is 1.34. The minimum Gasteiger partial charge on any atom is -0.486 e. The summed E-state index contributed by atoms with van der Waals surface area (Å²) >= 11 is 1.35. The number of anilines is 2. The van der Waals surface area contributed by atoms with Crippen LogP contribution < -0.4 is 20.1 Å². The van der Waals surface area contributed by atoms with Gasteiger partial charge < -0.3 is 20.1 Å². The molecule has 0 spiro atoms. The number of ether oxygens (including phenoxy) is 2. The number of nitrogen functional groups attached to an aromatic ring is 1. The van der Waals surface area contributed by atoms with Gasteiger partial charge in [0.05, 0.1) is 11.2 Å². The molecule has 1 atom stereocenters. The molecule has 6 rings (SSSR count). The lowest BCUT2D eigenvalue weighted by molar-refractivity contribution is 0.0986. The number of thiophene rings is 1. The van der Waals surface area contributed by atoms with Crippen molar-refractivity contribution < 1.29 is 14.3 Å². The average Bonchev–Trinajstić information content (AvgIpc) is 3.26. The molecule has 0 saturated heterocycles. The standard InChI is InChI=1S/C23H19N3O3S/c1-12-8-13-4-2-3-5-17(13)26(12)23(27)21-20(24)15-9-14-10-18-19(29-7-6-28-18)11-16(14)25-22(15)30-21/h2-5,9-12H,6-8,24H2,1H3/t12-/m1/s1. The van der Waals surface area contributed by atoms with E-state index in [1.165, 1.54) is 16.9 Å². The van der Waals surface area contributed by atoms with Gasteiger partial charge in [-0.1, -0.05) is 18.2 Å². The molecule has 0 saturated carbocycles. The molecule has 0 aliphatic carbocycles. The maximum atomic E-state index is 13.5. The van der Waals surface area contributed by atoms with E-state index in [-0.39, 0.29) is 11.9 Å². The second kappa shape index (κ2) is 6.34. The van der Waals surface area contributed by atoms with Crippen molar-refractivity contribution in [3.8, 4) is 11.5 Å². The van der Waals surface area contributed by atoms with Gasteiger partial charge >= 0.3 is 0 Å². The molecule has 6 nitrogen and oxygen atoms in total. The van der Waals surface area contributed by atoms with Crippen LogP contribution in [0, 0.1) is 0 Å².